The highest BCUT2D eigenvalue weighted by Crippen LogP contribution is 2.09. The molecule has 0 saturated heterocycles. The molecule has 0 bridgehead atoms. The van der Waals surface area contributed by atoms with Crippen molar-refractivity contribution in [3.05, 3.63) is 41.7 Å². The number of rotatable bonds is 3. The standard InChI is InChI=1S/C10H8ClFO2/c11-7-14-10(13)9(12)6-8-4-2-1-3-5-8/h1-6H,7H2. The Labute approximate surface area is 85.9 Å². The van der Waals surface area contributed by atoms with Crippen LogP contribution in [-0.2, 0) is 9.53 Å². The second-order valence-electron chi connectivity index (χ2n) is 2.44. The fourth-order valence-corrected chi connectivity index (χ4v) is 0.972. The Kier molecular flexibility index (Phi) is 4.13. The molecule has 1 rings (SSSR count). The lowest BCUT2D eigenvalue weighted by Gasteiger charge is -1.97. The van der Waals surface area contributed by atoms with E-state index in [9.17, 15) is 9.18 Å². The van der Waals surface area contributed by atoms with Crippen molar-refractivity contribution in [2.75, 3.05) is 6.07 Å². The van der Waals surface area contributed by atoms with Gasteiger partial charge in [-0.25, -0.2) is 4.79 Å². The molecular weight excluding hydrogens is 207 g/mol. The average molecular weight is 215 g/mol. The summed E-state index contributed by atoms with van der Waals surface area (Å²) in [5.41, 5.74) is 0.594. The van der Waals surface area contributed by atoms with E-state index in [-0.39, 0.29) is 6.07 Å². The molecule has 14 heavy (non-hydrogen) atoms. The van der Waals surface area contributed by atoms with Crippen LogP contribution < -0.4 is 0 Å². The van der Waals surface area contributed by atoms with Crippen LogP contribution in [0.4, 0.5) is 4.39 Å². The van der Waals surface area contributed by atoms with Gasteiger partial charge in [0, 0.05) is 0 Å². The molecule has 0 spiro atoms. The maximum Gasteiger partial charge on any atom is 0.368 e. The third-order valence-electron chi connectivity index (χ3n) is 1.47. The number of esters is 1. The van der Waals surface area contributed by atoms with Crippen molar-refractivity contribution in [1.29, 1.82) is 0 Å². The third kappa shape index (κ3) is 3.18. The highest BCUT2D eigenvalue weighted by Gasteiger charge is 2.08. The second kappa shape index (κ2) is 5.40. The van der Waals surface area contributed by atoms with Crippen LogP contribution in [0.2, 0.25) is 0 Å². The highest BCUT2D eigenvalue weighted by atomic mass is 35.5. The fraction of sp³-hybridized carbons (Fsp3) is 0.100. The minimum absolute atomic E-state index is 0.352. The van der Waals surface area contributed by atoms with Crippen LogP contribution in [0.15, 0.2) is 36.2 Å². The molecule has 0 unspecified atom stereocenters. The van der Waals surface area contributed by atoms with Crippen LogP contribution in [-0.4, -0.2) is 12.0 Å². The summed E-state index contributed by atoms with van der Waals surface area (Å²) in [5, 5.41) is 0. The molecule has 74 valence electrons. The van der Waals surface area contributed by atoms with E-state index < -0.39 is 11.8 Å². The van der Waals surface area contributed by atoms with Crippen molar-refractivity contribution in [2.45, 2.75) is 0 Å². The highest BCUT2D eigenvalue weighted by molar-refractivity contribution is 6.17. The average Bonchev–Trinajstić information content (AvgIpc) is 2.19. The number of hydrogen-bond donors (Lipinski definition) is 0. The van der Waals surface area contributed by atoms with Crippen molar-refractivity contribution in [3.8, 4) is 0 Å². The van der Waals surface area contributed by atoms with Crippen molar-refractivity contribution >= 4 is 23.6 Å². The van der Waals surface area contributed by atoms with E-state index in [4.69, 9.17) is 11.6 Å². The zero-order valence-corrected chi connectivity index (χ0v) is 8.00. The van der Waals surface area contributed by atoms with Gasteiger partial charge < -0.3 is 4.74 Å². The van der Waals surface area contributed by atoms with Gasteiger partial charge in [0.1, 0.15) is 0 Å². The lowest BCUT2D eigenvalue weighted by molar-refractivity contribution is -0.138. The molecule has 1 aromatic carbocycles. The summed E-state index contributed by atoms with van der Waals surface area (Å²) < 4.78 is 17.3. The number of benzene rings is 1. The summed E-state index contributed by atoms with van der Waals surface area (Å²) in [5.74, 6) is -2.01. The second-order valence-corrected chi connectivity index (χ2v) is 2.66. The predicted octanol–water partition coefficient (Wildman–Crippen LogP) is 2.74. The first-order valence-corrected chi connectivity index (χ1v) is 4.43. The Morgan fingerprint density at radius 3 is 2.64 bits per heavy atom. The summed E-state index contributed by atoms with van der Waals surface area (Å²) in [6.45, 7) is 0. The number of ether oxygens (including phenoxy) is 1. The van der Waals surface area contributed by atoms with Crippen LogP contribution in [0.3, 0.4) is 0 Å². The Morgan fingerprint density at radius 1 is 1.43 bits per heavy atom. The summed E-state index contributed by atoms with van der Waals surface area (Å²) in [6.07, 6.45) is 1.09. The first-order chi connectivity index (χ1) is 6.74. The normalized spacial score (nSPS) is 11.1. The molecule has 0 amide bonds. The van der Waals surface area contributed by atoms with Crippen molar-refractivity contribution in [1.82, 2.24) is 0 Å². The van der Waals surface area contributed by atoms with Gasteiger partial charge >= 0.3 is 5.97 Å². The summed E-state index contributed by atoms with van der Waals surface area (Å²) in [4.78, 5) is 10.8. The van der Waals surface area contributed by atoms with E-state index in [1.165, 1.54) is 0 Å². The number of hydrogen-bond acceptors (Lipinski definition) is 2. The van der Waals surface area contributed by atoms with Crippen LogP contribution >= 0.6 is 11.6 Å². The van der Waals surface area contributed by atoms with E-state index in [2.05, 4.69) is 4.74 Å². The molecule has 0 N–H and O–H groups in total. The fourth-order valence-electron chi connectivity index (χ4n) is 0.873. The predicted molar refractivity (Wildman–Crippen MR) is 52.3 cm³/mol. The molecule has 1 aromatic rings. The van der Waals surface area contributed by atoms with Gasteiger partial charge in [0.25, 0.3) is 0 Å². The van der Waals surface area contributed by atoms with Crippen molar-refractivity contribution in [2.24, 2.45) is 0 Å². The quantitative estimate of drug-likeness (QED) is 0.439. The van der Waals surface area contributed by atoms with Gasteiger partial charge in [0.15, 0.2) is 6.07 Å². The maximum atomic E-state index is 13.0. The Bertz CT molecular complexity index is 335. The maximum absolute atomic E-state index is 13.0. The van der Waals surface area contributed by atoms with Crippen LogP contribution in [0, 0.1) is 0 Å². The van der Waals surface area contributed by atoms with Crippen molar-refractivity contribution < 1.29 is 13.9 Å². The molecule has 0 aromatic heterocycles. The smallest absolute Gasteiger partial charge is 0.368 e. The SMILES string of the molecule is O=C(OCCl)C(F)=Cc1ccccc1. The summed E-state index contributed by atoms with van der Waals surface area (Å²) in [6, 6.07) is 8.28. The molecule has 0 saturated carbocycles. The zero-order chi connectivity index (χ0) is 10.4. The van der Waals surface area contributed by atoms with E-state index in [0.29, 0.717) is 5.56 Å². The van der Waals surface area contributed by atoms with Crippen LogP contribution in [0.1, 0.15) is 5.56 Å². The van der Waals surface area contributed by atoms with Gasteiger partial charge in [0.05, 0.1) is 0 Å². The van der Waals surface area contributed by atoms with Gasteiger partial charge in [0.2, 0.25) is 5.83 Å². The molecule has 0 aliphatic carbocycles. The third-order valence-corrected chi connectivity index (χ3v) is 1.58. The van der Waals surface area contributed by atoms with Crippen molar-refractivity contribution in [3.63, 3.8) is 0 Å². The van der Waals surface area contributed by atoms with E-state index in [0.717, 1.165) is 6.08 Å². The number of halogens is 2. The largest absolute Gasteiger partial charge is 0.444 e. The minimum atomic E-state index is -1.05. The molecule has 0 atom stereocenters. The van der Waals surface area contributed by atoms with Gasteiger partial charge in [-0.1, -0.05) is 41.9 Å². The molecule has 0 aliphatic heterocycles. The van der Waals surface area contributed by atoms with E-state index >= 15 is 0 Å². The van der Waals surface area contributed by atoms with E-state index in [1.807, 2.05) is 0 Å². The summed E-state index contributed by atoms with van der Waals surface area (Å²) in [7, 11) is 0. The first-order valence-electron chi connectivity index (χ1n) is 3.89. The minimum Gasteiger partial charge on any atom is -0.444 e. The monoisotopic (exact) mass is 214 g/mol. The van der Waals surface area contributed by atoms with Crippen LogP contribution in [0.25, 0.3) is 6.08 Å². The molecule has 4 heteroatoms. The molecule has 0 radical (unpaired) electrons. The molecule has 0 heterocycles. The van der Waals surface area contributed by atoms with E-state index in [1.54, 1.807) is 30.3 Å². The molecule has 0 aliphatic rings. The number of alkyl halides is 1. The molecular formula is C10H8ClFO2. The van der Waals surface area contributed by atoms with Gasteiger partial charge in [-0.15, -0.1) is 0 Å². The Morgan fingerprint density at radius 2 is 2.07 bits per heavy atom. The Hall–Kier alpha value is -1.35. The van der Waals surface area contributed by atoms with Crippen LogP contribution in [0.5, 0.6) is 0 Å². The molecule has 0 fully saturated rings. The van der Waals surface area contributed by atoms with Gasteiger partial charge in [-0.05, 0) is 11.6 Å². The lowest BCUT2D eigenvalue weighted by Crippen LogP contribution is -2.02. The van der Waals surface area contributed by atoms with Gasteiger partial charge in [-0.3, -0.25) is 0 Å². The zero-order valence-electron chi connectivity index (χ0n) is 7.24. The van der Waals surface area contributed by atoms with Gasteiger partial charge in [-0.2, -0.15) is 4.39 Å². The summed E-state index contributed by atoms with van der Waals surface area (Å²) >= 11 is 5.11. The topological polar surface area (TPSA) is 26.3 Å². The molecule has 2 nitrogen and oxygen atoms in total. The first kappa shape index (κ1) is 10.7. The lowest BCUT2D eigenvalue weighted by atomic mass is 10.2. The number of carbonyl (C=O) groups excluding carboxylic acids is 1. The Balaban J connectivity index is 2.74. The number of carbonyl (C=O) groups is 1.